The van der Waals surface area contributed by atoms with Gasteiger partial charge in [0, 0.05) is 44.4 Å². The summed E-state index contributed by atoms with van der Waals surface area (Å²) in [5.41, 5.74) is 2.95. The maximum Gasteiger partial charge on any atom is 0.251 e. The van der Waals surface area contributed by atoms with Gasteiger partial charge in [-0.1, -0.05) is 12.1 Å². The number of pyridine rings is 1. The third-order valence-corrected chi connectivity index (χ3v) is 7.84. The first kappa shape index (κ1) is 21.9. The quantitative estimate of drug-likeness (QED) is 0.602. The van der Waals surface area contributed by atoms with Gasteiger partial charge in [-0.05, 0) is 49.9 Å². The lowest BCUT2D eigenvalue weighted by atomic mass is 10.1. The fourth-order valence-electron chi connectivity index (χ4n) is 6.06. The fraction of sp³-hybridized carbons (Fsp3) is 0.481. The van der Waals surface area contributed by atoms with E-state index in [1.165, 1.54) is 0 Å². The fourth-order valence-corrected chi connectivity index (χ4v) is 6.06. The number of aromatic nitrogens is 3. The minimum atomic E-state index is -0.117. The smallest absolute Gasteiger partial charge is 0.251 e. The molecule has 4 bridgehead atoms. The molecule has 4 aliphatic heterocycles. The number of nitrogens with zero attached hydrogens (tertiary/aromatic N) is 5. The number of hydrogen-bond acceptors (Lipinski definition) is 8. The Bertz CT molecular complexity index is 1310. The highest BCUT2D eigenvalue weighted by Crippen LogP contribution is 2.35. The first-order valence-corrected chi connectivity index (χ1v) is 12.9. The molecule has 9 nitrogen and oxygen atoms in total. The average molecular weight is 487 g/mol. The van der Waals surface area contributed by atoms with Crippen LogP contribution in [0.1, 0.15) is 36.0 Å². The van der Waals surface area contributed by atoms with E-state index in [1.54, 1.807) is 13.1 Å². The number of rotatable bonds is 4. The topological polar surface area (TPSA) is 92.7 Å². The highest BCUT2D eigenvalue weighted by molar-refractivity contribution is 5.95. The van der Waals surface area contributed by atoms with Crippen molar-refractivity contribution in [2.24, 2.45) is 0 Å². The largest absolute Gasteiger partial charge is 0.371 e. The summed E-state index contributed by atoms with van der Waals surface area (Å²) < 4.78 is 12.2. The molecule has 2 aromatic heterocycles. The van der Waals surface area contributed by atoms with Crippen molar-refractivity contribution in [3.63, 3.8) is 0 Å². The molecule has 186 valence electrons. The van der Waals surface area contributed by atoms with Gasteiger partial charge in [-0.15, -0.1) is 0 Å². The number of morpholine rings is 2. The van der Waals surface area contributed by atoms with Crippen LogP contribution < -0.4 is 15.1 Å². The molecule has 4 fully saturated rings. The number of carbonyl (C=O) groups excluding carboxylic acids is 1. The molecule has 36 heavy (non-hydrogen) atoms. The second-order valence-corrected chi connectivity index (χ2v) is 10.3. The third kappa shape index (κ3) is 3.87. The number of amides is 1. The standard InChI is InChI=1S/C27H30N6O3/c1-28-26(34)17-4-2-3-16(11-17)23-10-9-22-24(29-23)30-27(33-14-20-7-8-21(15-33)36-20)31-25(22)32-12-18-5-6-19(13-32)35-18/h2-4,9-11,18-21H,5-8,12-15H2,1H3,(H,28,34). The summed E-state index contributed by atoms with van der Waals surface area (Å²) in [6.45, 7) is 3.30. The maximum absolute atomic E-state index is 12.2. The van der Waals surface area contributed by atoms with Crippen molar-refractivity contribution >= 4 is 28.7 Å². The molecule has 3 aromatic rings. The van der Waals surface area contributed by atoms with Gasteiger partial charge in [0.15, 0.2) is 5.65 Å². The summed E-state index contributed by atoms with van der Waals surface area (Å²) in [6.07, 6.45) is 5.42. The van der Waals surface area contributed by atoms with E-state index in [1.807, 2.05) is 24.3 Å². The second-order valence-electron chi connectivity index (χ2n) is 10.3. The minimum Gasteiger partial charge on any atom is -0.371 e. The van der Waals surface area contributed by atoms with Crippen molar-refractivity contribution in [2.45, 2.75) is 50.1 Å². The van der Waals surface area contributed by atoms with Crippen molar-refractivity contribution < 1.29 is 14.3 Å². The van der Waals surface area contributed by atoms with E-state index in [0.717, 1.165) is 80.3 Å². The van der Waals surface area contributed by atoms with Gasteiger partial charge in [0.2, 0.25) is 5.95 Å². The molecule has 0 aliphatic carbocycles. The van der Waals surface area contributed by atoms with Gasteiger partial charge < -0.3 is 24.6 Å². The SMILES string of the molecule is CNC(=O)c1cccc(-c2ccc3c(N4CC5CCC(C4)O5)nc(N4CC5CCC(C4)O5)nc3n2)c1. The van der Waals surface area contributed by atoms with Crippen LogP contribution >= 0.6 is 0 Å². The summed E-state index contributed by atoms with van der Waals surface area (Å²) in [5.74, 6) is 1.54. The van der Waals surface area contributed by atoms with E-state index < -0.39 is 0 Å². The molecule has 4 saturated heterocycles. The first-order valence-electron chi connectivity index (χ1n) is 12.9. The Hall–Kier alpha value is -3.30. The minimum absolute atomic E-state index is 0.117. The van der Waals surface area contributed by atoms with Crippen LogP contribution in [-0.2, 0) is 9.47 Å². The lowest BCUT2D eigenvalue weighted by molar-refractivity contribution is 0.0296. The van der Waals surface area contributed by atoms with Crippen LogP contribution in [0.25, 0.3) is 22.3 Å². The van der Waals surface area contributed by atoms with Gasteiger partial charge in [0.25, 0.3) is 5.91 Å². The normalized spacial score (nSPS) is 27.0. The molecule has 0 saturated carbocycles. The Morgan fingerprint density at radius 2 is 1.53 bits per heavy atom. The van der Waals surface area contributed by atoms with Crippen LogP contribution in [0.4, 0.5) is 11.8 Å². The molecule has 1 amide bonds. The zero-order chi connectivity index (χ0) is 24.2. The van der Waals surface area contributed by atoms with Gasteiger partial charge in [0.05, 0.1) is 35.5 Å². The highest BCUT2D eigenvalue weighted by Gasteiger charge is 2.37. The van der Waals surface area contributed by atoms with Gasteiger partial charge >= 0.3 is 0 Å². The summed E-state index contributed by atoms with van der Waals surface area (Å²) in [6, 6.07) is 11.6. The first-order chi connectivity index (χ1) is 17.6. The summed E-state index contributed by atoms with van der Waals surface area (Å²) in [4.78, 5) is 31.9. The molecule has 4 atom stereocenters. The van der Waals surface area contributed by atoms with Crippen LogP contribution in [0.5, 0.6) is 0 Å². The molecule has 0 radical (unpaired) electrons. The van der Waals surface area contributed by atoms with Crippen molar-refractivity contribution in [1.82, 2.24) is 20.3 Å². The Balaban J connectivity index is 1.32. The van der Waals surface area contributed by atoms with E-state index in [4.69, 9.17) is 24.4 Å². The van der Waals surface area contributed by atoms with E-state index in [9.17, 15) is 4.79 Å². The number of benzene rings is 1. The van der Waals surface area contributed by atoms with E-state index in [2.05, 4.69) is 21.2 Å². The van der Waals surface area contributed by atoms with Crippen LogP contribution in [0.2, 0.25) is 0 Å². The predicted octanol–water partition coefficient (Wildman–Crippen LogP) is 2.79. The number of carbonyl (C=O) groups is 1. The molecular formula is C27H30N6O3. The number of nitrogens with one attached hydrogen (secondary N) is 1. The lowest BCUT2D eigenvalue weighted by Crippen LogP contribution is -2.45. The average Bonchev–Trinajstić information content (AvgIpc) is 3.45. The predicted molar refractivity (Wildman–Crippen MR) is 136 cm³/mol. The van der Waals surface area contributed by atoms with Crippen molar-refractivity contribution in [2.75, 3.05) is 43.0 Å². The molecule has 0 spiro atoms. The van der Waals surface area contributed by atoms with E-state index >= 15 is 0 Å². The molecule has 4 aliphatic rings. The van der Waals surface area contributed by atoms with Gasteiger partial charge in [-0.25, -0.2) is 4.98 Å². The third-order valence-electron chi connectivity index (χ3n) is 7.84. The molecule has 4 unspecified atom stereocenters. The van der Waals surface area contributed by atoms with Gasteiger partial charge in [0.1, 0.15) is 5.82 Å². The van der Waals surface area contributed by atoms with Crippen molar-refractivity contribution in [3.05, 3.63) is 42.0 Å². The van der Waals surface area contributed by atoms with Crippen LogP contribution in [-0.4, -0.2) is 78.5 Å². The molecule has 9 heteroatoms. The van der Waals surface area contributed by atoms with Gasteiger partial charge in [-0.2, -0.15) is 9.97 Å². The Labute approximate surface area is 209 Å². The maximum atomic E-state index is 12.2. The van der Waals surface area contributed by atoms with Crippen molar-refractivity contribution in [1.29, 1.82) is 0 Å². The second kappa shape index (κ2) is 8.67. The highest BCUT2D eigenvalue weighted by atomic mass is 16.5. The number of hydrogen-bond donors (Lipinski definition) is 1. The summed E-state index contributed by atoms with van der Waals surface area (Å²) in [5, 5.41) is 3.64. The van der Waals surface area contributed by atoms with E-state index in [0.29, 0.717) is 11.2 Å². The molecule has 7 rings (SSSR count). The monoisotopic (exact) mass is 486 g/mol. The number of fused-ring (bicyclic) bond motifs is 5. The number of ether oxygens (including phenoxy) is 2. The molecule has 1 aromatic carbocycles. The summed E-state index contributed by atoms with van der Waals surface area (Å²) >= 11 is 0. The Morgan fingerprint density at radius 3 is 2.19 bits per heavy atom. The Kier molecular flexibility index (Phi) is 5.28. The molecular weight excluding hydrogens is 456 g/mol. The Morgan fingerprint density at radius 1 is 0.861 bits per heavy atom. The van der Waals surface area contributed by atoms with Gasteiger partial charge in [-0.3, -0.25) is 4.79 Å². The number of anilines is 2. The zero-order valence-corrected chi connectivity index (χ0v) is 20.4. The zero-order valence-electron chi connectivity index (χ0n) is 20.4. The summed E-state index contributed by atoms with van der Waals surface area (Å²) in [7, 11) is 1.64. The lowest BCUT2D eigenvalue weighted by Gasteiger charge is -2.35. The van der Waals surface area contributed by atoms with Crippen LogP contribution in [0.15, 0.2) is 36.4 Å². The van der Waals surface area contributed by atoms with Crippen molar-refractivity contribution in [3.8, 4) is 11.3 Å². The molecule has 1 N–H and O–H groups in total. The van der Waals surface area contributed by atoms with Crippen LogP contribution in [0, 0.1) is 0 Å². The molecule has 6 heterocycles. The van der Waals surface area contributed by atoms with E-state index in [-0.39, 0.29) is 30.3 Å². The van der Waals surface area contributed by atoms with Crippen LogP contribution in [0.3, 0.4) is 0 Å².